The summed E-state index contributed by atoms with van der Waals surface area (Å²) in [6.45, 7) is 5.19. The molecule has 5 nitrogen and oxygen atoms in total. The van der Waals surface area contributed by atoms with Gasteiger partial charge >= 0.3 is 6.18 Å². The predicted octanol–water partition coefficient (Wildman–Crippen LogP) is 4.87. The summed E-state index contributed by atoms with van der Waals surface area (Å²) in [5, 5.41) is 2.88. The highest BCUT2D eigenvalue weighted by atomic mass is 35.5. The molecule has 3 rings (SSSR count). The van der Waals surface area contributed by atoms with E-state index < -0.39 is 11.7 Å². The zero-order chi connectivity index (χ0) is 21.6. The number of morpholine rings is 1. The van der Waals surface area contributed by atoms with Gasteiger partial charge in [0.05, 0.1) is 36.6 Å². The molecule has 0 saturated carbocycles. The summed E-state index contributed by atoms with van der Waals surface area (Å²) < 4.78 is 50.2. The molecule has 0 aliphatic carbocycles. The zero-order valence-corrected chi connectivity index (χ0v) is 17.8. The lowest BCUT2D eigenvalue weighted by Gasteiger charge is -2.29. The molecule has 1 aliphatic heterocycles. The average molecular weight is 462 g/mol. The Morgan fingerprint density at radius 1 is 1.23 bits per heavy atom. The van der Waals surface area contributed by atoms with Gasteiger partial charge in [0.1, 0.15) is 5.76 Å². The van der Waals surface area contributed by atoms with Gasteiger partial charge in [-0.2, -0.15) is 13.2 Å². The standard InChI is InChI=1S/C20H23ClF3N3O2S/c21-18-5-4-15(13-17(18)20(22,23)24)25-19(30)27(14-16-3-1-10-29-16)7-2-6-26-8-11-28-12-9-26/h1,3-5,10,13H,2,6-9,11-12,14H2,(H,25,30). The third-order valence-electron chi connectivity index (χ3n) is 4.74. The van der Waals surface area contributed by atoms with Crippen LogP contribution in [0.4, 0.5) is 18.9 Å². The fourth-order valence-electron chi connectivity index (χ4n) is 3.18. The number of furan rings is 1. The number of alkyl halides is 3. The summed E-state index contributed by atoms with van der Waals surface area (Å²) in [4.78, 5) is 4.20. The minimum Gasteiger partial charge on any atom is -0.467 e. The normalized spacial score (nSPS) is 15.2. The van der Waals surface area contributed by atoms with Gasteiger partial charge in [0.15, 0.2) is 5.11 Å². The number of halogens is 4. The molecule has 0 bridgehead atoms. The van der Waals surface area contributed by atoms with Crippen molar-refractivity contribution in [1.29, 1.82) is 0 Å². The lowest BCUT2D eigenvalue weighted by Crippen LogP contribution is -2.40. The molecular weight excluding hydrogens is 439 g/mol. The highest BCUT2D eigenvalue weighted by Gasteiger charge is 2.33. The van der Waals surface area contributed by atoms with Crippen molar-refractivity contribution in [2.75, 3.05) is 44.7 Å². The monoisotopic (exact) mass is 461 g/mol. The quantitative estimate of drug-likeness (QED) is 0.593. The van der Waals surface area contributed by atoms with Gasteiger partial charge in [0, 0.05) is 31.9 Å². The van der Waals surface area contributed by atoms with Gasteiger partial charge in [-0.1, -0.05) is 11.6 Å². The first-order valence-electron chi connectivity index (χ1n) is 9.58. The number of benzene rings is 1. The largest absolute Gasteiger partial charge is 0.467 e. The SMILES string of the molecule is FC(F)(F)c1cc(NC(=S)N(CCCN2CCOCC2)Cc2ccco2)ccc1Cl. The van der Waals surface area contributed by atoms with E-state index in [1.807, 2.05) is 11.0 Å². The summed E-state index contributed by atoms with van der Waals surface area (Å²) in [7, 11) is 0. The maximum absolute atomic E-state index is 13.1. The van der Waals surface area contributed by atoms with Crippen LogP contribution in [-0.2, 0) is 17.5 Å². The van der Waals surface area contributed by atoms with Crippen molar-refractivity contribution in [3.63, 3.8) is 0 Å². The number of hydrogen-bond donors (Lipinski definition) is 1. The summed E-state index contributed by atoms with van der Waals surface area (Å²) in [6, 6.07) is 7.27. The molecule has 1 saturated heterocycles. The second-order valence-corrected chi connectivity index (χ2v) is 7.72. The van der Waals surface area contributed by atoms with E-state index in [4.69, 9.17) is 33.0 Å². The molecular formula is C20H23ClF3N3O2S. The third kappa shape index (κ3) is 6.60. The lowest BCUT2D eigenvalue weighted by atomic mass is 10.2. The van der Waals surface area contributed by atoms with Crippen LogP contribution < -0.4 is 5.32 Å². The number of nitrogens with zero attached hydrogens (tertiary/aromatic N) is 2. The Balaban J connectivity index is 1.65. The first kappa shape index (κ1) is 22.9. The number of ether oxygens (including phenoxy) is 1. The van der Waals surface area contributed by atoms with E-state index in [9.17, 15) is 13.2 Å². The summed E-state index contributed by atoms with van der Waals surface area (Å²) in [5.74, 6) is 0.720. The van der Waals surface area contributed by atoms with Crippen LogP contribution in [0.5, 0.6) is 0 Å². The second-order valence-electron chi connectivity index (χ2n) is 6.93. The van der Waals surface area contributed by atoms with Gasteiger partial charge in [-0.3, -0.25) is 4.90 Å². The Kier molecular flexibility index (Phi) is 7.99. The van der Waals surface area contributed by atoms with E-state index in [2.05, 4.69) is 10.2 Å². The van der Waals surface area contributed by atoms with Crippen LogP contribution in [0.2, 0.25) is 5.02 Å². The minimum atomic E-state index is -4.54. The molecule has 0 unspecified atom stereocenters. The molecule has 0 spiro atoms. The van der Waals surface area contributed by atoms with E-state index in [1.54, 1.807) is 12.3 Å². The molecule has 2 aromatic rings. The fourth-order valence-corrected chi connectivity index (χ4v) is 3.67. The van der Waals surface area contributed by atoms with Crippen molar-refractivity contribution in [3.8, 4) is 0 Å². The van der Waals surface area contributed by atoms with Crippen molar-refractivity contribution < 1.29 is 22.3 Å². The van der Waals surface area contributed by atoms with Gasteiger partial charge < -0.3 is 19.4 Å². The highest BCUT2D eigenvalue weighted by molar-refractivity contribution is 7.80. The number of rotatable bonds is 7. The van der Waals surface area contributed by atoms with Gasteiger partial charge in [-0.05, 0) is 49.0 Å². The first-order chi connectivity index (χ1) is 14.3. The summed E-state index contributed by atoms with van der Waals surface area (Å²) in [5.41, 5.74) is -0.670. The molecule has 164 valence electrons. The van der Waals surface area contributed by atoms with Crippen molar-refractivity contribution in [2.24, 2.45) is 0 Å². The summed E-state index contributed by atoms with van der Waals surface area (Å²) >= 11 is 11.2. The predicted molar refractivity (Wildman–Crippen MR) is 114 cm³/mol. The molecule has 10 heteroatoms. The maximum Gasteiger partial charge on any atom is 0.417 e. The molecule has 30 heavy (non-hydrogen) atoms. The van der Waals surface area contributed by atoms with Crippen molar-refractivity contribution in [1.82, 2.24) is 9.80 Å². The Morgan fingerprint density at radius 2 is 2.00 bits per heavy atom. The van der Waals surface area contributed by atoms with Crippen LogP contribution in [0.1, 0.15) is 17.7 Å². The van der Waals surface area contributed by atoms with Gasteiger partial charge in [0.2, 0.25) is 0 Å². The Hall–Kier alpha value is -1.81. The van der Waals surface area contributed by atoms with Crippen LogP contribution in [0.3, 0.4) is 0 Å². The minimum absolute atomic E-state index is 0.231. The molecule has 1 fully saturated rings. The van der Waals surface area contributed by atoms with Crippen molar-refractivity contribution in [2.45, 2.75) is 19.1 Å². The number of nitrogens with one attached hydrogen (secondary N) is 1. The molecule has 0 radical (unpaired) electrons. The number of thiocarbonyl (C=S) groups is 1. The first-order valence-corrected chi connectivity index (χ1v) is 10.4. The van der Waals surface area contributed by atoms with Gasteiger partial charge in [0.25, 0.3) is 0 Å². The topological polar surface area (TPSA) is 40.9 Å². The number of hydrogen-bond acceptors (Lipinski definition) is 4. The average Bonchev–Trinajstić information content (AvgIpc) is 3.22. The Morgan fingerprint density at radius 3 is 2.67 bits per heavy atom. The molecule has 1 aliphatic rings. The van der Waals surface area contributed by atoms with Gasteiger partial charge in [-0.15, -0.1) is 0 Å². The Bertz CT molecular complexity index is 827. The van der Waals surface area contributed by atoms with Crippen LogP contribution in [0.25, 0.3) is 0 Å². The van der Waals surface area contributed by atoms with Crippen LogP contribution in [0.15, 0.2) is 41.0 Å². The third-order valence-corrected chi connectivity index (χ3v) is 5.43. The fraction of sp³-hybridized carbons (Fsp3) is 0.450. The van der Waals surface area contributed by atoms with Crippen LogP contribution in [0, 0.1) is 0 Å². The summed E-state index contributed by atoms with van der Waals surface area (Å²) in [6.07, 6.45) is -2.12. The molecule has 1 aromatic carbocycles. The molecule has 1 aromatic heterocycles. The molecule has 0 amide bonds. The van der Waals surface area contributed by atoms with E-state index in [0.29, 0.717) is 18.2 Å². The molecule has 1 N–H and O–H groups in total. The van der Waals surface area contributed by atoms with Crippen LogP contribution >= 0.6 is 23.8 Å². The Labute approximate surface area is 183 Å². The smallest absolute Gasteiger partial charge is 0.417 e. The number of anilines is 1. The zero-order valence-electron chi connectivity index (χ0n) is 16.3. The molecule has 0 atom stereocenters. The molecule has 2 heterocycles. The van der Waals surface area contributed by atoms with E-state index in [-0.39, 0.29) is 10.7 Å². The van der Waals surface area contributed by atoms with E-state index in [0.717, 1.165) is 51.1 Å². The lowest BCUT2D eigenvalue weighted by molar-refractivity contribution is -0.137. The van der Waals surface area contributed by atoms with Gasteiger partial charge in [-0.25, -0.2) is 0 Å². The van der Waals surface area contributed by atoms with Crippen molar-refractivity contribution >= 4 is 34.6 Å². The second kappa shape index (κ2) is 10.5. The van der Waals surface area contributed by atoms with Crippen molar-refractivity contribution in [3.05, 3.63) is 52.9 Å². The van der Waals surface area contributed by atoms with E-state index in [1.165, 1.54) is 12.1 Å². The van der Waals surface area contributed by atoms with E-state index >= 15 is 0 Å². The highest BCUT2D eigenvalue weighted by Crippen LogP contribution is 2.36. The van der Waals surface area contributed by atoms with Crippen LogP contribution in [-0.4, -0.2) is 54.3 Å². The maximum atomic E-state index is 13.1.